The van der Waals surface area contributed by atoms with Crippen LogP contribution in [0.25, 0.3) is 11.1 Å². The Morgan fingerprint density at radius 1 is 1.30 bits per heavy atom. The molecule has 23 heavy (non-hydrogen) atoms. The molecule has 1 aliphatic heterocycles. The van der Waals surface area contributed by atoms with Crippen LogP contribution >= 0.6 is 0 Å². The molecule has 0 unspecified atom stereocenters. The number of nitrogens with zero attached hydrogens (tertiary/aromatic N) is 1. The monoisotopic (exact) mass is 309 g/mol. The fraction of sp³-hybridized carbons (Fsp3) is 0.316. The zero-order chi connectivity index (χ0) is 16.1. The number of fused-ring (bicyclic) bond motifs is 2. The first-order chi connectivity index (χ1) is 11.1. The molecule has 1 heterocycles. The zero-order valence-corrected chi connectivity index (χ0v) is 13.3. The number of benzene rings is 2. The largest absolute Gasteiger partial charge is 0.504 e. The second-order valence-electron chi connectivity index (χ2n) is 6.22. The molecule has 0 saturated heterocycles. The first-order valence-electron chi connectivity index (χ1n) is 7.90. The molecule has 2 aromatic rings. The average molecular weight is 309 g/mol. The van der Waals surface area contributed by atoms with Crippen LogP contribution in [-0.2, 0) is 17.6 Å². The van der Waals surface area contributed by atoms with Gasteiger partial charge in [0.05, 0.1) is 13.2 Å². The van der Waals surface area contributed by atoms with Crippen molar-refractivity contribution in [3.63, 3.8) is 0 Å². The number of phenols is 1. The fourth-order valence-electron chi connectivity index (χ4n) is 4.07. The number of hydrogen-bond acceptors (Lipinski definition) is 3. The molecule has 1 atom stereocenters. The Kier molecular flexibility index (Phi) is 3.08. The Morgan fingerprint density at radius 2 is 2.09 bits per heavy atom. The second-order valence-corrected chi connectivity index (χ2v) is 6.22. The van der Waals surface area contributed by atoms with Crippen molar-refractivity contribution in [3.05, 3.63) is 47.0 Å². The van der Waals surface area contributed by atoms with Crippen LogP contribution in [0.15, 0.2) is 30.3 Å². The molecule has 1 amide bonds. The van der Waals surface area contributed by atoms with Gasteiger partial charge in [0.2, 0.25) is 5.91 Å². The Bertz CT molecular complexity index is 813. The van der Waals surface area contributed by atoms with Crippen LogP contribution in [0.4, 0.5) is 0 Å². The number of phenolic OH excluding ortho intramolecular Hbond substituents is 1. The van der Waals surface area contributed by atoms with Crippen molar-refractivity contribution in [2.75, 3.05) is 13.7 Å². The highest BCUT2D eigenvalue weighted by molar-refractivity contribution is 5.85. The molecule has 2 aromatic carbocycles. The quantitative estimate of drug-likeness (QED) is 0.881. The lowest BCUT2D eigenvalue weighted by Gasteiger charge is -2.41. The third-order valence-electron chi connectivity index (χ3n) is 5.03. The van der Waals surface area contributed by atoms with Crippen LogP contribution in [0, 0.1) is 0 Å². The number of amides is 1. The summed E-state index contributed by atoms with van der Waals surface area (Å²) >= 11 is 0. The summed E-state index contributed by atoms with van der Waals surface area (Å²) in [6.45, 7) is 2.32. The normalized spacial score (nSPS) is 18.2. The molecule has 0 saturated carbocycles. The smallest absolute Gasteiger partial charge is 0.219 e. The number of carbonyl (C=O) groups excluding carboxylic acids is 1. The van der Waals surface area contributed by atoms with Crippen molar-refractivity contribution in [2.24, 2.45) is 0 Å². The van der Waals surface area contributed by atoms with E-state index in [0.717, 1.165) is 35.1 Å². The summed E-state index contributed by atoms with van der Waals surface area (Å²) in [4.78, 5) is 14.0. The van der Waals surface area contributed by atoms with E-state index in [0.29, 0.717) is 12.3 Å². The summed E-state index contributed by atoms with van der Waals surface area (Å²) in [5.74, 6) is 0.775. The Labute approximate surface area is 135 Å². The summed E-state index contributed by atoms with van der Waals surface area (Å²) in [6.07, 6.45) is 1.57. The number of hydrogen-bond donors (Lipinski definition) is 1. The topological polar surface area (TPSA) is 49.8 Å². The summed E-state index contributed by atoms with van der Waals surface area (Å²) in [7, 11) is 1.58. The van der Waals surface area contributed by atoms with Crippen molar-refractivity contribution in [1.29, 1.82) is 0 Å². The third-order valence-corrected chi connectivity index (χ3v) is 5.03. The van der Waals surface area contributed by atoms with Gasteiger partial charge in [-0.05, 0) is 41.2 Å². The predicted octanol–water partition coefficient (Wildman–Crippen LogP) is 3.07. The minimum absolute atomic E-state index is 0.0237. The summed E-state index contributed by atoms with van der Waals surface area (Å²) in [5, 5.41) is 10.4. The second kappa shape index (κ2) is 5.01. The van der Waals surface area contributed by atoms with Gasteiger partial charge in [-0.1, -0.05) is 24.3 Å². The van der Waals surface area contributed by atoms with Crippen molar-refractivity contribution in [2.45, 2.75) is 25.8 Å². The summed E-state index contributed by atoms with van der Waals surface area (Å²) in [6, 6.07) is 10.00. The van der Waals surface area contributed by atoms with Crippen LogP contribution in [0.3, 0.4) is 0 Å². The molecule has 1 N–H and O–H groups in total. The SMILES string of the molecule is COc1c(O)cc2c3c1-c1ccccc1C[C@H]3N(C(C)=O)CC2. The van der Waals surface area contributed by atoms with Gasteiger partial charge in [-0.3, -0.25) is 4.79 Å². The molecule has 0 radical (unpaired) electrons. The number of rotatable bonds is 1. The summed E-state index contributed by atoms with van der Waals surface area (Å²) < 4.78 is 5.51. The van der Waals surface area contributed by atoms with E-state index in [2.05, 4.69) is 12.1 Å². The van der Waals surface area contributed by atoms with Gasteiger partial charge in [-0.25, -0.2) is 0 Å². The highest BCUT2D eigenvalue weighted by Crippen LogP contribution is 2.52. The fourth-order valence-corrected chi connectivity index (χ4v) is 4.07. The molecule has 118 valence electrons. The molecule has 4 nitrogen and oxygen atoms in total. The maximum atomic E-state index is 12.1. The minimum atomic E-state index is 0.0237. The van der Waals surface area contributed by atoms with Crippen LogP contribution in [0.2, 0.25) is 0 Å². The number of aromatic hydroxyl groups is 1. The van der Waals surface area contributed by atoms with Gasteiger partial charge in [0, 0.05) is 19.0 Å². The molecular formula is C19H19NO3. The molecule has 0 aromatic heterocycles. The van der Waals surface area contributed by atoms with Crippen molar-refractivity contribution >= 4 is 5.91 Å². The molecular weight excluding hydrogens is 290 g/mol. The van der Waals surface area contributed by atoms with Gasteiger partial charge in [0.15, 0.2) is 11.5 Å². The predicted molar refractivity (Wildman–Crippen MR) is 87.6 cm³/mol. The van der Waals surface area contributed by atoms with Crippen LogP contribution < -0.4 is 4.74 Å². The standard InChI is InChI=1S/C19H19NO3/c1-11(21)20-8-7-13-10-16(22)19(23-2)18-14-6-4-3-5-12(14)9-15(20)17(13)18/h3-6,10,15,22H,7-9H2,1-2H3/t15-/m1/s1. The van der Waals surface area contributed by atoms with Gasteiger partial charge in [0.25, 0.3) is 0 Å². The Hall–Kier alpha value is -2.49. The Morgan fingerprint density at radius 3 is 2.83 bits per heavy atom. The van der Waals surface area contributed by atoms with E-state index in [1.165, 1.54) is 5.56 Å². The highest BCUT2D eigenvalue weighted by Gasteiger charge is 2.37. The van der Waals surface area contributed by atoms with Gasteiger partial charge in [-0.15, -0.1) is 0 Å². The van der Waals surface area contributed by atoms with E-state index in [1.807, 2.05) is 17.0 Å². The lowest BCUT2D eigenvalue weighted by Crippen LogP contribution is -2.41. The Balaban J connectivity index is 2.06. The van der Waals surface area contributed by atoms with E-state index in [9.17, 15) is 9.90 Å². The van der Waals surface area contributed by atoms with E-state index in [4.69, 9.17) is 4.74 Å². The number of carbonyl (C=O) groups is 1. The number of methoxy groups -OCH3 is 1. The molecule has 1 aliphatic carbocycles. The van der Waals surface area contributed by atoms with Crippen LogP contribution in [-0.4, -0.2) is 29.6 Å². The maximum absolute atomic E-state index is 12.1. The van der Waals surface area contributed by atoms with Gasteiger partial charge in [-0.2, -0.15) is 0 Å². The molecule has 0 fully saturated rings. The highest BCUT2D eigenvalue weighted by atomic mass is 16.5. The molecule has 0 spiro atoms. The van der Waals surface area contributed by atoms with Crippen LogP contribution in [0.5, 0.6) is 11.5 Å². The van der Waals surface area contributed by atoms with E-state index in [1.54, 1.807) is 20.1 Å². The van der Waals surface area contributed by atoms with Crippen molar-refractivity contribution in [3.8, 4) is 22.6 Å². The summed E-state index contributed by atoms with van der Waals surface area (Å²) in [5.41, 5.74) is 5.49. The molecule has 2 aliphatic rings. The molecule has 4 heteroatoms. The minimum Gasteiger partial charge on any atom is -0.504 e. The van der Waals surface area contributed by atoms with Crippen molar-refractivity contribution < 1.29 is 14.6 Å². The van der Waals surface area contributed by atoms with Gasteiger partial charge in [0.1, 0.15) is 0 Å². The van der Waals surface area contributed by atoms with Crippen molar-refractivity contribution in [1.82, 2.24) is 4.90 Å². The average Bonchev–Trinajstić information content (AvgIpc) is 2.54. The lowest BCUT2D eigenvalue weighted by atomic mass is 9.76. The van der Waals surface area contributed by atoms with Gasteiger partial charge >= 0.3 is 0 Å². The third kappa shape index (κ3) is 1.94. The van der Waals surface area contributed by atoms with Gasteiger partial charge < -0.3 is 14.7 Å². The first kappa shape index (κ1) is 14.1. The van der Waals surface area contributed by atoms with E-state index in [-0.39, 0.29) is 17.7 Å². The van der Waals surface area contributed by atoms with Crippen LogP contribution in [0.1, 0.15) is 29.7 Å². The molecule has 4 rings (SSSR count). The first-order valence-corrected chi connectivity index (χ1v) is 7.90. The van der Waals surface area contributed by atoms with E-state index < -0.39 is 0 Å². The molecule has 0 bridgehead atoms. The number of ether oxygens (including phenoxy) is 1. The maximum Gasteiger partial charge on any atom is 0.219 e. The van der Waals surface area contributed by atoms with E-state index >= 15 is 0 Å². The zero-order valence-electron chi connectivity index (χ0n) is 13.3. The lowest BCUT2D eigenvalue weighted by molar-refractivity contribution is -0.131.